The maximum atomic E-state index is 8.88. The molecule has 4 rings (SSSR count). The van der Waals surface area contributed by atoms with Crippen molar-refractivity contribution >= 4 is 0 Å². The topological polar surface area (TPSA) is 39.5 Å². The number of nitrogens with zero attached hydrogens (tertiary/aromatic N) is 3. The fourth-order valence-corrected chi connectivity index (χ4v) is 4.85. The van der Waals surface area contributed by atoms with Crippen molar-refractivity contribution in [2.24, 2.45) is 17.8 Å². The van der Waals surface area contributed by atoms with Crippen LogP contribution in [-0.2, 0) is 11.3 Å². The lowest BCUT2D eigenvalue weighted by Gasteiger charge is -2.26. The molecule has 2 aliphatic heterocycles. The minimum atomic E-state index is 0.746. The summed E-state index contributed by atoms with van der Waals surface area (Å²) < 4.78 is 5.99. The van der Waals surface area contributed by atoms with Crippen molar-refractivity contribution in [2.45, 2.75) is 32.2 Å². The summed E-state index contributed by atoms with van der Waals surface area (Å²) in [4.78, 5) is 5.16. The zero-order chi connectivity index (χ0) is 17.8. The first-order valence-corrected chi connectivity index (χ1v) is 10.3. The highest BCUT2D eigenvalue weighted by Crippen LogP contribution is 2.51. The zero-order valence-electron chi connectivity index (χ0n) is 15.8. The molecule has 0 radical (unpaired) electrons. The Balaban J connectivity index is 1.08. The second-order valence-electron chi connectivity index (χ2n) is 8.33. The van der Waals surface area contributed by atoms with Gasteiger partial charge in [-0.25, -0.2) is 0 Å². The molecule has 0 spiro atoms. The van der Waals surface area contributed by atoms with Gasteiger partial charge >= 0.3 is 0 Å². The highest BCUT2D eigenvalue weighted by molar-refractivity contribution is 5.31. The molecule has 26 heavy (non-hydrogen) atoms. The standard InChI is InChI=1S/C22H31N3O/c23-13-18-5-7-19(8-6-18)14-25-15-20-21(16-25)22(20)17-26-12-4-11-24-9-2-1-3-10-24/h5-8,20-22H,1-4,9-12,14-17H2/t20-,21+,22?. The SMILES string of the molecule is N#Cc1ccc(CN2C[C@@H]3C(COCCCN4CCCCC4)[C@@H]3C2)cc1. The molecule has 2 heterocycles. The number of ether oxygens (including phenoxy) is 1. The second kappa shape index (κ2) is 8.52. The number of hydrogen-bond donors (Lipinski definition) is 0. The first-order chi connectivity index (χ1) is 12.8. The van der Waals surface area contributed by atoms with E-state index in [1.165, 1.54) is 64.0 Å². The maximum absolute atomic E-state index is 8.88. The Morgan fingerprint density at radius 1 is 1.00 bits per heavy atom. The molecule has 140 valence electrons. The summed E-state index contributed by atoms with van der Waals surface area (Å²) in [7, 11) is 0. The molecule has 1 aliphatic carbocycles. The van der Waals surface area contributed by atoms with Crippen LogP contribution in [0.4, 0.5) is 0 Å². The molecular weight excluding hydrogens is 322 g/mol. The molecular formula is C22H31N3O. The molecule has 3 atom stereocenters. The first kappa shape index (κ1) is 18.0. The van der Waals surface area contributed by atoms with Crippen LogP contribution >= 0.6 is 0 Å². The van der Waals surface area contributed by atoms with Gasteiger partial charge in [-0.2, -0.15) is 5.26 Å². The van der Waals surface area contributed by atoms with Crippen molar-refractivity contribution in [1.29, 1.82) is 5.26 Å². The summed E-state index contributed by atoms with van der Waals surface area (Å²) in [6.45, 7) is 9.15. The third-order valence-corrected chi connectivity index (χ3v) is 6.46. The van der Waals surface area contributed by atoms with Crippen LogP contribution in [0, 0.1) is 29.1 Å². The predicted octanol–water partition coefficient (Wildman–Crippen LogP) is 3.13. The molecule has 4 nitrogen and oxygen atoms in total. The molecule has 0 bridgehead atoms. The van der Waals surface area contributed by atoms with Crippen LogP contribution in [0.25, 0.3) is 0 Å². The number of rotatable bonds is 8. The summed E-state index contributed by atoms with van der Waals surface area (Å²) in [5, 5.41) is 8.88. The van der Waals surface area contributed by atoms with Crippen LogP contribution in [-0.4, -0.2) is 55.7 Å². The summed E-state index contributed by atoms with van der Waals surface area (Å²) in [5.74, 6) is 2.52. The van der Waals surface area contributed by atoms with Crippen LogP contribution in [0.5, 0.6) is 0 Å². The van der Waals surface area contributed by atoms with Gasteiger partial charge in [0.05, 0.1) is 18.2 Å². The van der Waals surface area contributed by atoms with Gasteiger partial charge in [0.15, 0.2) is 0 Å². The van der Waals surface area contributed by atoms with Crippen molar-refractivity contribution in [2.75, 3.05) is 45.9 Å². The largest absolute Gasteiger partial charge is 0.381 e. The Morgan fingerprint density at radius 2 is 1.73 bits per heavy atom. The third kappa shape index (κ3) is 4.46. The highest BCUT2D eigenvalue weighted by atomic mass is 16.5. The number of piperidine rings is 2. The molecule has 3 fully saturated rings. The lowest BCUT2D eigenvalue weighted by Crippen LogP contribution is -2.31. The maximum Gasteiger partial charge on any atom is 0.0991 e. The van der Waals surface area contributed by atoms with E-state index in [1.807, 2.05) is 12.1 Å². The Hall–Kier alpha value is -1.41. The minimum absolute atomic E-state index is 0.746. The molecule has 1 aromatic carbocycles. The highest BCUT2D eigenvalue weighted by Gasteiger charge is 2.55. The molecule has 0 amide bonds. The summed E-state index contributed by atoms with van der Waals surface area (Å²) in [5.41, 5.74) is 2.06. The Labute approximate surface area is 157 Å². The van der Waals surface area contributed by atoms with E-state index in [0.29, 0.717) is 0 Å². The molecule has 0 aromatic heterocycles. The fraction of sp³-hybridized carbons (Fsp3) is 0.682. The van der Waals surface area contributed by atoms with E-state index in [9.17, 15) is 0 Å². The van der Waals surface area contributed by atoms with Crippen LogP contribution in [0.15, 0.2) is 24.3 Å². The van der Waals surface area contributed by atoms with Crippen molar-refractivity contribution in [1.82, 2.24) is 9.80 Å². The van der Waals surface area contributed by atoms with Gasteiger partial charge in [0.25, 0.3) is 0 Å². The smallest absolute Gasteiger partial charge is 0.0991 e. The van der Waals surface area contributed by atoms with Crippen molar-refractivity contribution in [3.8, 4) is 6.07 Å². The molecule has 1 aromatic rings. The normalized spacial score (nSPS) is 28.7. The van der Waals surface area contributed by atoms with Crippen LogP contribution in [0.1, 0.15) is 36.8 Å². The van der Waals surface area contributed by atoms with Crippen molar-refractivity contribution < 1.29 is 4.74 Å². The number of nitriles is 1. The van der Waals surface area contributed by atoms with Crippen LogP contribution in [0.2, 0.25) is 0 Å². The van der Waals surface area contributed by atoms with E-state index < -0.39 is 0 Å². The monoisotopic (exact) mass is 353 g/mol. The Bertz CT molecular complexity index is 605. The van der Waals surface area contributed by atoms with Gasteiger partial charge < -0.3 is 9.64 Å². The van der Waals surface area contributed by atoms with E-state index >= 15 is 0 Å². The first-order valence-electron chi connectivity index (χ1n) is 10.3. The summed E-state index contributed by atoms with van der Waals surface area (Å²) in [6, 6.07) is 10.2. The quantitative estimate of drug-likeness (QED) is 0.673. The van der Waals surface area contributed by atoms with Gasteiger partial charge in [0.2, 0.25) is 0 Å². The molecule has 2 saturated heterocycles. The van der Waals surface area contributed by atoms with Crippen molar-refractivity contribution in [3.63, 3.8) is 0 Å². The minimum Gasteiger partial charge on any atom is -0.381 e. The number of fused-ring (bicyclic) bond motifs is 1. The number of benzene rings is 1. The molecule has 3 aliphatic rings. The number of hydrogen-bond acceptors (Lipinski definition) is 4. The Kier molecular flexibility index (Phi) is 5.89. The third-order valence-electron chi connectivity index (χ3n) is 6.46. The van der Waals surface area contributed by atoms with Gasteiger partial charge in [0.1, 0.15) is 0 Å². The predicted molar refractivity (Wildman–Crippen MR) is 103 cm³/mol. The van der Waals surface area contributed by atoms with Gasteiger partial charge in [-0.1, -0.05) is 18.6 Å². The fourth-order valence-electron chi connectivity index (χ4n) is 4.85. The molecule has 1 saturated carbocycles. The summed E-state index contributed by atoms with van der Waals surface area (Å²) >= 11 is 0. The van der Waals surface area contributed by atoms with E-state index in [4.69, 9.17) is 10.00 Å². The van der Waals surface area contributed by atoms with Crippen LogP contribution in [0.3, 0.4) is 0 Å². The van der Waals surface area contributed by atoms with E-state index in [1.54, 1.807) is 0 Å². The van der Waals surface area contributed by atoms with Gasteiger partial charge in [-0.15, -0.1) is 0 Å². The Morgan fingerprint density at radius 3 is 2.42 bits per heavy atom. The number of likely N-dealkylation sites (tertiary alicyclic amines) is 2. The second-order valence-corrected chi connectivity index (χ2v) is 8.33. The summed E-state index contributed by atoms with van der Waals surface area (Å²) in [6.07, 6.45) is 5.36. The average molecular weight is 354 g/mol. The van der Waals surface area contributed by atoms with E-state index in [0.717, 1.165) is 43.1 Å². The average Bonchev–Trinajstić information content (AvgIpc) is 3.14. The molecule has 4 heteroatoms. The van der Waals surface area contributed by atoms with Crippen molar-refractivity contribution in [3.05, 3.63) is 35.4 Å². The van der Waals surface area contributed by atoms with Crippen LogP contribution < -0.4 is 0 Å². The van der Waals surface area contributed by atoms with Gasteiger partial charge in [0, 0.05) is 32.8 Å². The van der Waals surface area contributed by atoms with Gasteiger partial charge in [-0.05, 0) is 67.8 Å². The molecule has 0 N–H and O–H groups in total. The lowest BCUT2D eigenvalue weighted by molar-refractivity contribution is 0.0967. The molecule has 1 unspecified atom stereocenters. The van der Waals surface area contributed by atoms with E-state index in [2.05, 4.69) is 28.0 Å². The van der Waals surface area contributed by atoms with E-state index in [-0.39, 0.29) is 0 Å². The van der Waals surface area contributed by atoms with Gasteiger partial charge in [-0.3, -0.25) is 4.90 Å². The zero-order valence-corrected chi connectivity index (χ0v) is 15.8. The lowest BCUT2D eigenvalue weighted by atomic mass is 10.1.